The number of rotatable bonds is 23. The van der Waals surface area contributed by atoms with Gasteiger partial charge >= 0.3 is 29.8 Å². The van der Waals surface area contributed by atoms with Crippen LogP contribution in [0.3, 0.4) is 0 Å². The second-order valence-corrected chi connectivity index (χ2v) is 21.6. The second-order valence-electron chi connectivity index (χ2n) is 18.8. The van der Waals surface area contributed by atoms with E-state index in [1.54, 1.807) is 0 Å². The number of carbonyl (C=O) groups is 4. The fourth-order valence-electron chi connectivity index (χ4n) is 9.88. The molecule has 382 valence electrons. The van der Waals surface area contributed by atoms with E-state index in [1.807, 2.05) is 43.4 Å². The van der Waals surface area contributed by atoms with Crippen LogP contribution in [0.4, 0.5) is 0 Å². The van der Waals surface area contributed by atoms with Crippen molar-refractivity contribution in [1.82, 2.24) is 0 Å². The summed E-state index contributed by atoms with van der Waals surface area (Å²) >= 11 is 1.97. The molecule has 0 aromatic carbocycles. The number of esters is 5. The van der Waals surface area contributed by atoms with Crippen LogP contribution in [0, 0.1) is 52.3 Å². The average molecular weight is 1010 g/mol. The van der Waals surface area contributed by atoms with E-state index >= 15 is 0 Å². The molecule has 6 aliphatic rings. The van der Waals surface area contributed by atoms with E-state index < -0.39 is 34.7 Å². The number of aliphatic hydroxyl groups excluding tert-OH is 1. The molecule has 18 heteroatoms. The number of nitrogens with zero attached hydrogens (tertiary/aromatic N) is 2. The van der Waals surface area contributed by atoms with E-state index in [2.05, 4.69) is 6.58 Å². The highest BCUT2D eigenvalue weighted by Gasteiger charge is 2.60. The predicted octanol–water partition coefficient (Wildman–Crippen LogP) is 7.06. The maximum atomic E-state index is 14.0. The van der Waals surface area contributed by atoms with Gasteiger partial charge < -0.3 is 47.8 Å². The summed E-state index contributed by atoms with van der Waals surface area (Å²) in [5.74, 6) is -2.56. The van der Waals surface area contributed by atoms with Crippen molar-refractivity contribution in [2.45, 2.75) is 158 Å². The monoisotopic (exact) mass is 1010 g/mol. The van der Waals surface area contributed by atoms with Gasteiger partial charge in [-0.1, -0.05) is 42.6 Å². The highest BCUT2D eigenvalue weighted by atomic mass is 32.2. The Hall–Kier alpha value is -4.43. The van der Waals surface area contributed by atoms with Crippen LogP contribution in [0.15, 0.2) is 58.1 Å². The van der Waals surface area contributed by atoms with Crippen molar-refractivity contribution in [2.24, 2.45) is 29.6 Å². The molecular formula is C52H70N2O14S2+2. The first-order valence-corrected chi connectivity index (χ1v) is 26.8. The van der Waals surface area contributed by atoms with Gasteiger partial charge in [0.05, 0.1) is 62.3 Å². The van der Waals surface area contributed by atoms with E-state index in [0.29, 0.717) is 119 Å². The van der Waals surface area contributed by atoms with E-state index in [1.165, 1.54) is 24.8 Å². The number of fused-ring (bicyclic) bond motifs is 2. The smallest absolute Gasteiger partial charge is 0.466 e. The zero-order valence-corrected chi connectivity index (χ0v) is 42.1. The summed E-state index contributed by atoms with van der Waals surface area (Å²) in [4.78, 5) is 62.8. The van der Waals surface area contributed by atoms with Crippen LogP contribution in [0.2, 0.25) is 0 Å². The molecule has 0 bridgehead atoms. The molecule has 4 unspecified atom stereocenters. The first-order valence-electron chi connectivity index (χ1n) is 25.0. The summed E-state index contributed by atoms with van der Waals surface area (Å²) in [6.45, 7) is 8.79. The molecule has 0 spiro atoms. The SMILES string of the molecule is C=C[C@H](O)OCCCOC1CCC(OC(=O)C2CCC(C(=O)OC3=C4C=CC=C[C@@H]4C(OC(=[OH+])C4CCC(C(=O)OCCCC(C)OCCCOC(C)=O)CC4)C4SC(=C(C#N)C#N)[SH+]C34)CC2)CC1. The largest absolute Gasteiger partial charge is 0.486 e. The third-order valence-electron chi connectivity index (χ3n) is 13.9. The van der Waals surface area contributed by atoms with Crippen LogP contribution in [0.1, 0.15) is 117 Å². The maximum absolute atomic E-state index is 14.0. The minimum Gasteiger partial charge on any atom is -0.466 e. The van der Waals surface area contributed by atoms with Crippen molar-refractivity contribution in [3.8, 4) is 12.1 Å². The Morgan fingerprint density at radius 3 is 2.09 bits per heavy atom. The van der Waals surface area contributed by atoms with Crippen LogP contribution in [0.5, 0.6) is 0 Å². The summed E-state index contributed by atoms with van der Waals surface area (Å²) in [5.41, 5.74) is 0.717. The lowest BCUT2D eigenvalue weighted by atomic mass is 9.79. The van der Waals surface area contributed by atoms with Gasteiger partial charge in [-0.2, -0.15) is 10.5 Å². The third-order valence-corrected chi connectivity index (χ3v) is 17.2. The Labute approximate surface area is 419 Å². The quantitative estimate of drug-likeness (QED) is 0.0158. The van der Waals surface area contributed by atoms with Gasteiger partial charge in [-0.05, 0) is 109 Å². The zero-order chi connectivity index (χ0) is 50.0. The molecule has 4 fully saturated rings. The number of thiol groups is 1. The van der Waals surface area contributed by atoms with E-state index in [9.17, 15) is 39.6 Å². The van der Waals surface area contributed by atoms with Crippen molar-refractivity contribution in [3.05, 3.63) is 58.1 Å². The molecule has 1 aliphatic heterocycles. The first-order chi connectivity index (χ1) is 33.9. The van der Waals surface area contributed by atoms with E-state index in [0.717, 1.165) is 37.7 Å². The molecule has 0 aromatic heterocycles. The Morgan fingerprint density at radius 2 is 1.41 bits per heavy atom. The highest BCUT2D eigenvalue weighted by Crippen LogP contribution is 2.52. The van der Waals surface area contributed by atoms with E-state index in [-0.39, 0.29) is 78.1 Å². The summed E-state index contributed by atoms with van der Waals surface area (Å²) in [6, 6.07) is 4.03. The molecule has 3 saturated carbocycles. The molecule has 0 radical (unpaired) electrons. The molecule has 0 amide bonds. The molecule has 0 aromatic rings. The average Bonchev–Trinajstić information content (AvgIpc) is 3.81. The molecule has 70 heavy (non-hydrogen) atoms. The van der Waals surface area contributed by atoms with Gasteiger partial charge in [-0.15, -0.1) is 0 Å². The van der Waals surface area contributed by atoms with Crippen LogP contribution in [-0.4, -0.2) is 114 Å². The molecule has 2 N–H and O–H groups in total. The number of hydrogen-bond donors (Lipinski definition) is 1. The Kier molecular flexibility index (Phi) is 21.9. The normalized spacial score (nSPS) is 29.0. The molecule has 1 saturated heterocycles. The van der Waals surface area contributed by atoms with Gasteiger partial charge in [0.15, 0.2) is 22.9 Å². The molecule has 6 rings (SSSR count). The van der Waals surface area contributed by atoms with E-state index in [4.69, 9.17) is 37.9 Å². The van der Waals surface area contributed by atoms with Crippen LogP contribution < -0.4 is 0 Å². The molecule has 1 heterocycles. The van der Waals surface area contributed by atoms with Crippen molar-refractivity contribution >= 4 is 53.4 Å². The summed E-state index contributed by atoms with van der Waals surface area (Å²) in [6.07, 6.45) is 17.0. The Bertz CT molecular complexity index is 2040. The molecule has 6 atom stereocenters. The second kappa shape index (κ2) is 28.0. The van der Waals surface area contributed by atoms with Crippen molar-refractivity contribution in [2.75, 3.05) is 33.0 Å². The number of ether oxygens (including phenoxy) is 8. The summed E-state index contributed by atoms with van der Waals surface area (Å²) in [5, 5.41) is 28.3. The number of aliphatic hydroxyl groups is 1. The topological polar surface area (TPSA) is 231 Å². The maximum Gasteiger partial charge on any atom is 0.486 e. The predicted molar refractivity (Wildman–Crippen MR) is 261 cm³/mol. The lowest BCUT2D eigenvalue weighted by Gasteiger charge is -2.35. The van der Waals surface area contributed by atoms with Gasteiger partial charge in [0.2, 0.25) is 10.3 Å². The summed E-state index contributed by atoms with van der Waals surface area (Å²) in [7, 11) is 0. The lowest BCUT2D eigenvalue weighted by molar-refractivity contribution is -0.160. The highest BCUT2D eigenvalue weighted by molar-refractivity contribution is 8.18. The van der Waals surface area contributed by atoms with Crippen LogP contribution in [-0.2, 0) is 68.8 Å². The number of allylic oxidation sites excluding steroid dienone is 4. The summed E-state index contributed by atoms with van der Waals surface area (Å²) < 4.78 is 46.9. The Balaban J connectivity index is 0.980. The van der Waals surface area contributed by atoms with Crippen molar-refractivity contribution in [1.29, 1.82) is 10.5 Å². The minimum atomic E-state index is -0.974. The standard InChI is InChI=1S/C52H68N2O14S2/c1-4-43(56)64-29-9-28-63-39-21-23-40(24-22-39)66-49(58)35-17-19-37(20-18-35)51(60)68-45-42-12-6-5-11-41(42)44(46-47(45)70-52(69-46)38(30-53)31-54)67-50(59)36-15-13-34(14-16-36)48(57)65-25-7-10-32(2)61-26-8-27-62-33(3)55/h4-6,11-12,32,34-37,39-41,43-44,46-47,56H,1,7-10,13-29H2,2-3H3/p+2/t32?,34?,35?,36?,37?,39?,40?,41-,43+,44?,46?,47?/m0/s1. The van der Waals surface area contributed by atoms with Gasteiger partial charge in [0, 0.05) is 37.3 Å². The van der Waals surface area contributed by atoms with Crippen molar-refractivity contribution in [3.63, 3.8) is 0 Å². The van der Waals surface area contributed by atoms with Gasteiger partial charge in [-0.3, -0.25) is 19.2 Å². The minimum absolute atomic E-state index is 0.0198. The van der Waals surface area contributed by atoms with Crippen molar-refractivity contribution < 1.29 is 67.0 Å². The number of thioether (sulfide) groups is 1. The Morgan fingerprint density at radius 1 is 0.800 bits per heavy atom. The van der Waals surface area contributed by atoms with Gasteiger partial charge in [0.1, 0.15) is 29.4 Å². The number of carbonyl (C=O) groups excluding carboxylic acids is 5. The fourth-order valence-corrected chi connectivity index (χ4v) is 13.4. The molecule has 16 nitrogen and oxygen atoms in total. The van der Waals surface area contributed by atoms with Crippen LogP contribution in [0.25, 0.3) is 0 Å². The third kappa shape index (κ3) is 15.8. The van der Waals surface area contributed by atoms with Crippen LogP contribution >= 0.6 is 11.8 Å². The zero-order valence-electron chi connectivity index (χ0n) is 40.4. The lowest BCUT2D eigenvalue weighted by Crippen LogP contribution is -2.48. The number of nitriles is 2. The fraction of sp³-hybridized carbons (Fsp3) is 0.673. The molecular weight excluding hydrogens is 941 g/mol. The van der Waals surface area contributed by atoms with Gasteiger partial charge in [0.25, 0.3) is 0 Å². The first kappa shape index (κ1) is 54.9. The number of hydrogen-bond acceptors (Lipinski definition) is 16. The van der Waals surface area contributed by atoms with Gasteiger partial charge in [-0.25, -0.2) is 0 Å². The molecule has 5 aliphatic carbocycles.